The van der Waals surface area contributed by atoms with Gasteiger partial charge in [-0.05, 0) is 50.7 Å². The van der Waals surface area contributed by atoms with Crippen LogP contribution in [0, 0.1) is 0 Å². The number of ether oxygens (including phenoxy) is 1. The van der Waals surface area contributed by atoms with Crippen molar-refractivity contribution < 1.29 is 9.15 Å². The summed E-state index contributed by atoms with van der Waals surface area (Å²) in [6, 6.07) is 7.86. The van der Waals surface area contributed by atoms with Crippen LogP contribution in [0.3, 0.4) is 0 Å². The van der Waals surface area contributed by atoms with Gasteiger partial charge in [-0.3, -0.25) is 0 Å². The zero-order valence-electron chi connectivity index (χ0n) is 18.1. The Labute approximate surface area is 194 Å². The molecule has 0 spiro atoms. The van der Waals surface area contributed by atoms with Crippen LogP contribution < -0.4 is 15.3 Å². The monoisotopic (exact) mass is 466 g/mol. The third-order valence-corrected chi connectivity index (χ3v) is 5.62. The Morgan fingerprint density at radius 2 is 2.06 bits per heavy atom. The molecule has 1 aliphatic heterocycles. The molecule has 0 saturated carbocycles. The molecule has 1 fully saturated rings. The molecular formula is C22H28Cl2N4O3. The van der Waals surface area contributed by atoms with Crippen LogP contribution >= 0.6 is 24.8 Å². The van der Waals surface area contributed by atoms with Crippen LogP contribution in [0.2, 0.25) is 0 Å². The Hall–Kier alpha value is -2.35. The first kappa shape index (κ1) is 24.9. The van der Waals surface area contributed by atoms with Crippen molar-refractivity contribution in [2.45, 2.75) is 25.8 Å². The average Bonchev–Trinajstić information content (AvgIpc) is 3.23. The predicted octanol–water partition coefficient (Wildman–Crippen LogP) is 3.80. The molecule has 0 N–H and O–H groups in total. The van der Waals surface area contributed by atoms with Crippen molar-refractivity contribution in [3.8, 4) is 17.2 Å². The molecule has 1 saturated heterocycles. The number of likely N-dealkylation sites (N-methyl/N-ethyl adjacent to an activating group) is 1. The topological polar surface area (TPSA) is 71.7 Å². The molecule has 0 bridgehead atoms. The highest BCUT2D eigenvalue weighted by Gasteiger charge is 2.27. The van der Waals surface area contributed by atoms with Crippen LogP contribution in [0.15, 0.2) is 39.7 Å². The second-order valence-corrected chi connectivity index (χ2v) is 7.57. The lowest BCUT2D eigenvalue weighted by Crippen LogP contribution is -2.31. The van der Waals surface area contributed by atoms with Gasteiger partial charge in [-0.1, -0.05) is 6.92 Å². The summed E-state index contributed by atoms with van der Waals surface area (Å²) >= 11 is 0. The Morgan fingerprint density at radius 3 is 2.71 bits per heavy atom. The molecule has 2 aromatic heterocycles. The van der Waals surface area contributed by atoms with Crippen molar-refractivity contribution >= 4 is 41.5 Å². The fourth-order valence-corrected chi connectivity index (χ4v) is 3.94. The van der Waals surface area contributed by atoms with Gasteiger partial charge in [0.2, 0.25) is 5.89 Å². The fourth-order valence-electron chi connectivity index (χ4n) is 3.94. The van der Waals surface area contributed by atoms with Crippen LogP contribution in [0.5, 0.6) is 5.75 Å². The molecule has 1 aromatic carbocycles. The Kier molecular flexibility index (Phi) is 8.28. The van der Waals surface area contributed by atoms with Crippen molar-refractivity contribution in [3.63, 3.8) is 0 Å². The number of rotatable bonds is 5. The lowest BCUT2D eigenvalue weighted by Gasteiger charge is -2.22. The van der Waals surface area contributed by atoms with Crippen LogP contribution in [-0.4, -0.2) is 55.2 Å². The summed E-state index contributed by atoms with van der Waals surface area (Å²) in [6.07, 6.45) is 3.52. The summed E-state index contributed by atoms with van der Waals surface area (Å²) in [7, 11) is 5.80. The van der Waals surface area contributed by atoms with Gasteiger partial charge >= 0.3 is 5.63 Å². The third-order valence-electron chi connectivity index (χ3n) is 5.62. The highest BCUT2D eigenvalue weighted by atomic mass is 35.5. The first-order valence-electron chi connectivity index (χ1n) is 9.90. The number of aromatic nitrogens is 2. The maximum absolute atomic E-state index is 12.8. The third kappa shape index (κ3) is 4.79. The Morgan fingerprint density at radius 1 is 1.29 bits per heavy atom. The van der Waals surface area contributed by atoms with Gasteiger partial charge in [-0.15, -0.1) is 24.8 Å². The van der Waals surface area contributed by atoms with E-state index in [1.165, 1.54) is 0 Å². The summed E-state index contributed by atoms with van der Waals surface area (Å²) in [5.74, 6) is 1.76. The molecule has 9 heteroatoms. The number of anilines is 1. The molecule has 0 unspecified atom stereocenters. The predicted molar refractivity (Wildman–Crippen MR) is 128 cm³/mol. The number of pyridine rings is 1. The molecule has 7 nitrogen and oxygen atoms in total. The molecule has 3 aromatic rings. The highest BCUT2D eigenvalue weighted by Crippen LogP contribution is 2.31. The van der Waals surface area contributed by atoms with Gasteiger partial charge < -0.3 is 19.0 Å². The van der Waals surface area contributed by atoms with E-state index < -0.39 is 0 Å². The minimum atomic E-state index is -0.383. The van der Waals surface area contributed by atoms with Gasteiger partial charge in [0.05, 0.1) is 23.6 Å². The summed E-state index contributed by atoms with van der Waals surface area (Å²) in [5.41, 5.74) is 1.79. The van der Waals surface area contributed by atoms with Crippen LogP contribution in [0.1, 0.15) is 18.9 Å². The number of aryl methyl sites for hydroxylation is 1. The molecule has 0 aliphatic carbocycles. The number of hydrogen-bond acceptors (Lipinski definition) is 7. The molecule has 3 heterocycles. The first-order chi connectivity index (χ1) is 14.0. The number of hydrogen-bond donors (Lipinski definition) is 0. The lowest BCUT2D eigenvalue weighted by molar-refractivity contribution is 0.315. The number of halogens is 2. The zero-order chi connectivity index (χ0) is 20.5. The highest BCUT2D eigenvalue weighted by molar-refractivity contribution is 5.86. The van der Waals surface area contributed by atoms with Gasteiger partial charge in [0.25, 0.3) is 0 Å². The standard InChI is InChI=1S/C22H26N4O3.2ClH/c1-5-14-11-16(28-4)12-18-19(14)22(27)29-21(24-18)17-7-6-9-23-20(17)26-10-8-15(13-26)25(2)3;;/h6-7,9,11-12,15H,5,8,10,13H2,1-4H3;2*1H/t15-;;/m0../s1. The second kappa shape index (κ2) is 10.3. The van der Waals surface area contributed by atoms with Crippen molar-refractivity contribution in [2.24, 2.45) is 0 Å². The van der Waals surface area contributed by atoms with E-state index >= 15 is 0 Å². The minimum Gasteiger partial charge on any atom is -0.497 e. The summed E-state index contributed by atoms with van der Waals surface area (Å²) in [4.78, 5) is 26.6. The quantitative estimate of drug-likeness (QED) is 0.565. The van der Waals surface area contributed by atoms with Crippen molar-refractivity contribution in [3.05, 3.63) is 46.4 Å². The van der Waals surface area contributed by atoms with Crippen molar-refractivity contribution in [1.82, 2.24) is 14.9 Å². The fraction of sp³-hybridized carbons (Fsp3) is 0.409. The summed E-state index contributed by atoms with van der Waals surface area (Å²) in [5, 5.41) is 0.510. The summed E-state index contributed by atoms with van der Waals surface area (Å²) < 4.78 is 11.1. The van der Waals surface area contributed by atoms with E-state index in [1.807, 2.05) is 25.1 Å². The molecule has 0 radical (unpaired) electrons. The smallest absolute Gasteiger partial charge is 0.347 e. The van der Waals surface area contributed by atoms with E-state index in [0.717, 1.165) is 36.5 Å². The molecule has 0 amide bonds. The molecule has 1 aliphatic rings. The van der Waals surface area contributed by atoms with Gasteiger partial charge in [0.1, 0.15) is 11.6 Å². The van der Waals surface area contributed by atoms with Gasteiger partial charge in [0.15, 0.2) is 0 Å². The molecule has 31 heavy (non-hydrogen) atoms. The Bertz CT molecular complexity index is 1100. The van der Waals surface area contributed by atoms with E-state index in [2.05, 4.69) is 33.9 Å². The minimum absolute atomic E-state index is 0. The lowest BCUT2D eigenvalue weighted by atomic mass is 10.1. The van der Waals surface area contributed by atoms with Crippen LogP contribution in [0.4, 0.5) is 5.82 Å². The van der Waals surface area contributed by atoms with Crippen molar-refractivity contribution in [2.75, 3.05) is 39.2 Å². The number of benzene rings is 1. The SMILES string of the molecule is CCc1cc(OC)cc2nc(-c3cccnc3N3CC[C@H](N(C)C)C3)oc(=O)c12.Cl.Cl. The normalized spacial score (nSPS) is 15.6. The van der Waals surface area contributed by atoms with Gasteiger partial charge in [-0.25, -0.2) is 14.8 Å². The summed E-state index contributed by atoms with van der Waals surface area (Å²) in [6.45, 7) is 3.77. The molecule has 4 rings (SSSR count). The van der Waals surface area contributed by atoms with E-state index in [1.54, 1.807) is 19.4 Å². The molecular weight excluding hydrogens is 439 g/mol. The first-order valence-corrected chi connectivity index (χ1v) is 9.90. The second-order valence-electron chi connectivity index (χ2n) is 7.57. The van der Waals surface area contributed by atoms with E-state index in [9.17, 15) is 4.79 Å². The maximum Gasteiger partial charge on any atom is 0.347 e. The number of fused-ring (bicyclic) bond motifs is 1. The Balaban J connectivity index is 0.00000171. The van der Waals surface area contributed by atoms with E-state index in [-0.39, 0.29) is 36.3 Å². The van der Waals surface area contributed by atoms with Crippen molar-refractivity contribution in [1.29, 1.82) is 0 Å². The van der Waals surface area contributed by atoms with Gasteiger partial charge in [0, 0.05) is 31.4 Å². The largest absolute Gasteiger partial charge is 0.497 e. The number of methoxy groups -OCH3 is 1. The molecule has 168 valence electrons. The van der Waals surface area contributed by atoms with Crippen LogP contribution in [0.25, 0.3) is 22.4 Å². The molecule has 1 atom stereocenters. The zero-order valence-corrected chi connectivity index (χ0v) is 19.8. The van der Waals surface area contributed by atoms with Gasteiger partial charge in [-0.2, -0.15) is 0 Å². The van der Waals surface area contributed by atoms with Crippen LogP contribution in [-0.2, 0) is 6.42 Å². The van der Waals surface area contributed by atoms with E-state index in [0.29, 0.717) is 29.1 Å². The number of nitrogens with zero attached hydrogens (tertiary/aromatic N) is 4. The average molecular weight is 467 g/mol. The maximum atomic E-state index is 12.8. The van der Waals surface area contributed by atoms with E-state index in [4.69, 9.17) is 9.15 Å².